The summed E-state index contributed by atoms with van der Waals surface area (Å²) in [6.07, 6.45) is 2.94. The van der Waals surface area contributed by atoms with E-state index in [1.54, 1.807) is 24.3 Å². The van der Waals surface area contributed by atoms with Crippen LogP contribution in [0.15, 0.2) is 30.9 Å². The van der Waals surface area contributed by atoms with Crippen molar-refractivity contribution in [2.24, 2.45) is 34.0 Å². The number of amides is 2. The molecule has 1 N–H and O–H groups in total. The number of hydrogen-bond acceptors (Lipinski definition) is 6. The van der Waals surface area contributed by atoms with E-state index in [0.717, 1.165) is 24.2 Å². The van der Waals surface area contributed by atoms with Gasteiger partial charge in [-0.3, -0.25) is 9.59 Å². The normalized spacial score (nSPS) is 40.9. The monoisotopic (exact) mass is 509 g/mol. The highest BCUT2D eigenvalue weighted by Gasteiger charge is 2.68. The minimum Gasteiger partial charge on any atom is -0.496 e. The van der Waals surface area contributed by atoms with Crippen molar-refractivity contribution in [3.05, 3.63) is 42.0 Å². The Bertz CT molecular complexity index is 1160. The van der Waals surface area contributed by atoms with E-state index in [0.29, 0.717) is 29.7 Å². The number of aliphatic hydroxyl groups excluding tert-OH is 1. The number of aliphatic hydroxyl groups is 1. The number of ether oxygens (including phenoxy) is 2. The first kappa shape index (κ1) is 26.0. The second-order valence-corrected chi connectivity index (χ2v) is 12.3. The third-order valence-corrected chi connectivity index (χ3v) is 10.9. The van der Waals surface area contributed by atoms with Gasteiger partial charge in [0.1, 0.15) is 17.6 Å². The van der Waals surface area contributed by atoms with Gasteiger partial charge in [-0.15, -0.1) is 6.58 Å². The number of rotatable bonds is 3. The molecular weight excluding hydrogens is 470 g/mol. The molecule has 1 aromatic rings. The number of methoxy groups -OCH3 is 1. The molecule has 1 aromatic carbocycles. The van der Waals surface area contributed by atoms with Gasteiger partial charge >= 0.3 is 6.09 Å². The van der Waals surface area contributed by atoms with Crippen LogP contribution in [-0.2, 0) is 16.1 Å². The van der Waals surface area contributed by atoms with Crippen molar-refractivity contribution in [2.45, 2.75) is 78.6 Å². The second-order valence-electron chi connectivity index (χ2n) is 12.3. The van der Waals surface area contributed by atoms with Gasteiger partial charge in [-0.05, 0) is 55.1 Å². The van der Waals surface area contributed by atoms with Gasteiger partial charge in [0.15, 0.2) is 0 Å². The Labute approximate surface area is 219 Å². The van der Waals surface area contributed by atoms with Crippen LogP contribution in [0.1, 0.15) is 75.7 Å². The van der Waals surface area contributed by atoms with Crippen LogP contribution in [0.4, 0.5) is 4.79 Å². The predicted octanol–water partition coefficient (Wildman–Crippen LogP) is 5.15. The van der Waals surface area contributed by atoms with E-state index in [1.165, 1.54) is 7.11 Å². The molecule has 7 heteroatoms. The number of ketones is 1. The maximum absolute atomic E-state index is 13.7. The lowest BCUT2D eigenvalue weighted by Crippen LogP contribution is -2.63. The molecule has 2 bridgehead atoms. The SMILES string of the molecule is C=C[C@]1(C)C[C@@H](OC(=O)N2Cc3c(OC)cccc3C2=O)[C@]2(C)[C@H](C)CC[C@]3(CCC(=O)[C@H]32)[C@@H](C)[C@@H]1O. The summed E-state index contributed by atoms with van der Waals surface area (Å²) in [5.41, 5.74) is -0.621. The van der Waals surface area contributed by atoms with Crippen LogP contribution in [0.25, 0.3) is 0 Å². The minimum absolute atomic E-state index is 0.0701. The summed E-state index contributed by atoms with van der Waals surface area (Å²) in [7, 11) is 1.54. The Morgan fingerprint density at radius 3 is 2.62 bits per heavy atom. The molecule has 0 unspecified atom stereocenters. The standard InChI is InChI=1S/C30H39NO6/c1-7-28(4)15-23(37-27(35)31-16-20-19(26(31)34)9-8-10-22(20)36-6)29(5)17(2)11-13-30(18(3)25(28)33)14-12-21(32)24(29)30/h7-10,17-18,23-25,33H,1,11-16H2,2-6H3/t17-,18+,23-,24+,25+,28-,29+,30+/m1/s1. The lowest BCUT2D eigenvalue weighted by molar-refractivity contribution is -0.192. The van der Waals surface area contributed by atoms with Gasteiger partial charge in [-0.2, -0.15) is 0 Å². The van der Waals surface area contributed by atoms with Gasteiger partial charge in [-0.1, -0.05) is 39.8 Å². The molecular formula is C30H39NO6. The third kappa shape index (κ3) is 3.45. The molecule has 0 aromatic heterocycles. The van der Waals surface area contributed by atoms with E-state index in [4.69, 9.17) is 9.47 Å². The molecule has 3 saturated carbocycles. The third-order valence-electron chi connectivity index (χ3n) is 10.9. The molecule has 0 spiro atoms. The highest BCUT2D eigenvalue weighted by Crippen LogP contribution is 2.68. The van der Waals surface area contributed by atoms with E-state index >= 15 is 0 Å². The van der Waals surface area contributed by atoms with Crippen molar-refractivity contribution in [2.75, 3.05) is 7.11 Å². The summed E-state index contributed by atoms with van der Waals surface area (Å²) in [6.45, 7) is 12.4. The Kier molecular flexibility index (Phi) is 6.09. The summed E-state index contributed by atoms with van der Waals surface area (Å²) in [6, 6.07) is 5.18. The summed E-state index contributed by atoms with van der Waals surface area (Å²) in [5, 5.41) is 11.7. The van der Waals surface area contributed by atoms with Gasteiger partial charge < -0.3 is 14.6 Å². The van der Waals surface area contributed by atoms with Gasteiger partial charge in [0.05, 0.1) is 19.8 Å². The molecule has 200 valence electrons. The lowest BCUT2D eigenvalue weighted by atomic mass is 9.44. The highest BCUT2D eigenvalue weighted by molar-refractivity contribution is 6.07. The summed E-state index contributed by atoms with van der Waals surface area (Å²) < 4.78 is 11.7. The highest BCUT2D eigenvalue weighted by atomic mass is 16.6. The molecule has 4 aliphatic rings. The number of carbonyl (C=O) groups is 3. The first-order valence-corrected chi connectivity index (χ1v) is 13.5. The molecule has 5 rings (SSSR count). The molecule has 1 heterocycles. The topological polar surface area (TPSA) is 93.1 Å². The van der Waals surface area contributed by atoms with Crippen LogP contribution in [0.3, 0.4) is 0 Å². The van der Waals surface area contributed by atoms with Crippen molar-refractivity contribution in [1.29, 1.82) is 0 Å². The van der Waals surface area contributed by atoms with Crippen molar-refractivity contribution in [3.63, 3.8) is 0 Å². The molecule has 3 fully saturated rings. The lowest BCUT2D eigenvalue weighted by Gasteiger charge is -2.61. The van der Waals surface area contributed by atoms with Crippen LogP contribution >= 0.6 is 0 Å². The number of benzene rings is 1. The second kappa shape index (κ2) is 8.69. The summed E-state index contributed by atoms with van der Waals surface area (Å²) in [4.78, 5) is 41.6. The van der Waals surface area contributed by atoms with Crippen molar-refractivity contribution in [3.8, 4) is 5.75 Å². The number of carbonyl (C=O) groups excluding carboxylic acids is 3. The predicted molar refractivity (Wildman–Crippen MR) is 138 cm³/mol. The molecule has 8 atom stereocenters. The quantitative estimate of drug-likeness (QED) is 0.567. The zero-order valence-electron chi connectivity index (χ0n) is 22.6. The fraction of sp³-hybridized carbons (Fsp3) is 0.633. The van der Waals surface area contributed by atoms with Crippen LogP contribution in [0.2, 0.25) is 0 Å². The fourth-order valence-electron chi connectivity index (χ4n) is 8.33. The molecule has 7 nitrogen and oxygen atoms in total. The zero-order valence-corrected chi connectivity index (χ0v) is 22.6. The van der Waals surface area contributed by atoms with Crippen LogP contribution in [-0.4, -0.2) is 47.1 Å². The van der Waals surface area contributed by atoms with Crippen LogP contribution in [0.5, 0.6) is 5.75 Å². The van der Waals surface area contributed by atoms with Crippen molar-refractivity contribution in [1.82, 2.24) is 4.90 Å². The minimum atomic E-state index is -0.737. The van der Waals surface area contributed by atoms with Crippen LogP contribution < -0.4 is 4.74 Å². The van der Waals surface area contributed by atoms with E-state index in [9.17, 15) is 19.5 Å². The summed E-state index contributed by atoms with van der Waals surface area (Å²) >= 11 is 0. The average molecular weight is 510 g/mol. The maximum Gasteiger partial charge on any atom is 0.417 e. The molecule has 1 aliphatic heterocycles. The zero-order chi connectivity index (χ0) is 26.9. The van der Waals surface area contributed by atoms with E-state index in [-0.39, 0.29) is 35.5 Å². The van der Waals surface area contributed by atoms with Gasteiger partial charge in [0.25, 0.3) is 5.91 Å². The van der Waals surface area contributed by atoms with E-state index in [2.05, 4.69) is 27.4 Å². The average Bonchev–Trinajstić information content (AvgIpc) is 3.42. The Morgan fingerprint density at radius 1 is 1.22 bits per heavy atom. The molecule has 3 aliphatic carbocycles. The number of imide groups is 1. The van der Waals surface area contributed by atoms with Crippen molar-refractivity contribution >= 4 is 17.8 Å². The largest absolute Gasteiger partial charge is 0.496 e. The van der Waals surface area contributed by atoms with Crippen molar-refractivity contribution < 1.29 is 29.0 Å². The van der Waals surface area contributed by atoms with E-state index in [1.807, 2.05) is 6.92 Å². The van der Waals surface area contributed by atoms with E-state index < -0.39 is 35.0 Å². The fourth-order valence-corrected chi connectivity index (χ4v) is 8.33. The number of fused-ring (bicyclic) bond motifs is 1. The van der Waals surface area contributed by atoms with Gasteiger partial charge in [-0.25, -0.2) is 9.69 Å². The number of Topliss-reactive ketones (excluding diaryl/α,β-unsaturated/α-hetero) is 1. The van der Waals surface area contributed by atoms with Crippen LogP contribution in [0, 0.1) is 34.0 Å². The number of nitrogens with zero attached hydrogens (tertiary/aromatic N) is 1. The van der Waals surface area contributed by atoms with Gasteiger partial charge in [0.2, 0.25) is 0 Å². The van der Waals surface area contributed by atoms with Gasteiger partial charge in [0, 0.05) is 34.3 Å². The first-order valence-electron chi connectivity index (χ1n) is 13.5. The Morgan fingerprint density at radius 2 is 1.95 bits per heavy atom. The maximum atomic E-state index is 13.7. The summed E-state index contributed by atoms with van der Waals surface area (Å²) in [5.74, 6) is 0.0413. The molecule has 37 heavy (non-hydrogen) atoms. The first-order chi connectivity index (χ1) is 17.4. The molecule has 2 amide bonds. The number of hydrogen-bond donors (Lipinski definition) is 1. The Balaban J connectivity index is 1.55. The Hall–Kier alpha value is -2.67. The molecule has 0 saturated heterocycles. The smallest absolute Gasteiger partial charge is 0.417 e. The molecule has 0 radical (unpaired) electrons.